The molecular formula is C14H25N3OS. The monoisotopic (exact) mass is 283 g/mol. The Bertz CT molecular complexity index is 409. The number of carbonyl (C=O) groups is 1. The van der Waals surface area contributed by atoms with Gasteiger partial charge in [-0.3, -0.25) is 4.79 Å². The van der Waals surface area contributed by atoms with Gasteiger partial charge < -0.3 is 10.6 Å². The highest BCUT2D eigenvalue weighted by atomic mass is 32.1. The zero-order valence-electron chi connectivity index (χ0n) is 12.5. The van der Waals surface area contributed by atoms with Crippen molar-refractivity contribution in [2.75, 3.05) is 13.1 Å². The van der Waals surface area contributed by atoms with E-state index in [4.69, 9.17) is 0 Å². The first-order valence-corrected chi connectivity index (χ1v) is 7.66. The van der Waals surface area contributed by atoms with Gasteiger partial charge in [-0.15, -0.1) is 11.3 Å². The van der Waals surface area contributed by atoms with Gasteiger partial charge in [0.2, 0.25) is 5.91 Å². The molecule has 0 aliphatic heterocycles. The zero-order chi connectivity index (χ0) is 14.5. The third-order valence-corrected chi connectivity index (χ3v) is 4.01. The van der Waals surface area contributed by atoms with Crippen molar-refractivity contribution in [3.63, 3.8) is 0 Å². The number of likely N-dealkylation sites (N-methyl/N-ethyl adjacent to an activating group) is 1. The number of thiazole rings is 1. The zero-order valence-corrected chi connectivity index (χ0v) is 13.4. The molecule has 0 aliphatic rings. The highest BCUT2D eigenvalue weighted by molar-refractivity contribution is 7.09. The fourth-order valence-corrected chi connectivity index (χ4v) is 2.55. The van der Waals surface area contributed by atoms with E-state index < -0.39 is 0 Å². The highest BCUT2D eigenvalue weighted by Gasteiger charge is 2.18. The van der Waals surface area contributed by atoms with Crippen LogP contribution >= 0.6 is 11.3 Å². The molecule has 0 spiro atoms. The minimum atomic E-state index is 0.0375. The first-order valence-electron chi connectivity index (χ1n) is 6.78. The predicted octanol–water partition coefficient (Wildman–Crippen LogP) is 2.10. The molecule has 1 atom stereocenters. The molecule has 0 saturated carbocycles. The number of hydrogen-bond acceptors (Lipinski definition) is 4. The average Bonchev–Trinajstić information content (AvgIpc) is 2.75. The number of nitrogens with zero attached hydrogens (tertiary/aromatic N) is 1. The summed E-state index contributed by atoms with van der Waals surface area (Å²) in [6.07, 6.45) is 0.366. The molecule has 0 unspecified atom stereocenters. The highest BCUT2D eigenvalue weighted by Crippen LogP contribution is 2.25. The summed E-state index contributed by atoms with van der Waals surface area (Å²) in [5.41, 5.74) is 0.919. The molecule has 0 aromatic carbocycles. The normalized spacial score (nSPS) is 13.3. The summed E-state index contributed by atoms with van der Waals surface area (Å²) in [7, 11) is 0. The maximum Gasteiger partial charge on any atom is 0.226 e. The van der Waals surface area contributed by atoms with Gasteiger partial charge in [0.1, 0.15) is 0 Å². The second-order valence-corrected chi connectivity index (χ2v) is 6.69. The molecular weight excluding hydrogens is 258 g/mol. The van der Waals surface area contributed by atoms with Crippen molar-refractivity contribution in [3.05, 3.63) is 16.1 Å². The van der Waals surface area contributed by atoms with Crippen molar-refractivity contribution in [2.24, 2.45) is 0 Å². The summed E-state index contributed by atoms with van der Waals surface area (Å²) in [5, 5.41) is 9.25. The third kappa shape index (κ3) is 5.70. The first-order chi connectivity index (χ1) is 8.82. The molecule has 0 fully saturated rings. The van der Waals surface area contributed by atoms with E-state index >= 15 is 0 Å². The van der Waals surface area contributed by atoms with E-state index in [1.807, 2.05) is 5.38 Å². The molecule has 5 heteroatoms. The second kappa shape index (κ2) is 7.01. The van der Waals surface area contributed by atoms with Crippen LogP contribution in [-0.4, -0.2) is 30.0 Å². The van der Waals surface area contributed by atoms with Gasteiger partial charge in [-0.1, -0.05) is 27.7 Å². The van der Waals surface area contributed by atoms with Gasteiger partial charge in [-0.05, 0) is 13.5 Å². The van der Waals surface area contributed by atoms with Gasteiger partial charge in [0, 0.05) is 23.4 Å². The van der Waals surface area contributed by atoms with Crippen molar-refractivity contribution in [2.45, 2.75) is 52.5 Å². The van der Waals surface area contributed by atoms with Crippen molar-refractivity contribution in [1.29, 1.82) is 0 Å². The van der Waals surface area contributed by atoms with E-state index in [9.17, 15) is 4.79 Å². The molecule has 0 radical (unpaired) electrons. The Labute approximate surface area is 120 Å². The predicted molar refractivity (Wildman–Crippen MR) is 80.7 cm³/mol. The molecule has 1 rings (SSSR count). The number of rotatable bonds is 6. The van der Waals surface area contributed by atoms with Crippen LogP contribution in [0.2, 0.25) is 0 Å². The summed E-state index contributed by atoms with van der Waals surface area (Å²) in [4.78, 5) is 16.3. The SMILES string of the molecule is CCN[C@H](C)CNC(=O)Cc1csc(C(C)(C)C)n1. The van der Waals surface area contributed by atoms with Crippen LogP contribution in [0.15, 0.2) is 5.38 Å². The number of nitrogens with one attached hydrogen (secondary N) is 2. The smallest absolute Gasteiger partial charge is 0.226 e. The molecule has 0 bridgehead atoms. The fraction of sp³-hybridized carbons (Fsp3) is 0.714. The fourth-order valence-electron chi connectivity index (χ4n) is 1.65. The topological polar surface area (TPSA) is 54.0 Å². The van der Waals surface area contributed by atoms with E-state index in [-0.39, 0.29) is 11.3 Å². The summed E-state index contributed by atoms with van der Waals surface area (Å²) in [6.45, 7) is 12.1. The molecule has 1 aromatic rings. The minimum absolute atomic E-state index is 0.0375. The van der Waals surface area contributed by atoms with Crippen LogP contribution in [0.1, 0.15) is 45.3 Å². The largest absolute Gasteiger partial charge is 0.354 e. The number of aromatic nitrogens is 1. The van der Waals surface area contributed by atoms with Gasteiger partial charge in [0.25, 0.3) is 0 Å². The number of carbonyl (C=O) groups excluding carboxylic acids is 1. The molecule has 1 aromatic heterocycles. The second-order valence-electron chi connectivity index (χ2n) is 5.83. The van der Waals surface area contributed by atoms with Crippen LogP contribution in [0, 0.1) is 0 Å². The lowest BCUT2D eigenvalue weighted by Gasteiger charge is -2.14. The Morgan fingerprint density at radius 2 is 2.16 bits per heavy atom. The quantitative estimate of drug-likeness (QED) is 0.840. The van der Waals surface area contributed by atoms with Crippen molar-refractivity contribution in [1.82, 2.24) is 15.6 Å². The van der Waals surface area contributed by atoms with Crippen LogP contribution in [0.5, 0.6) is 0 Å². The lowest BCUT2D eigenvalue weighted by Crippen LogP contribution is -2.39. The number of hydrogen-bond donors (Lipinski definition) is 2. The van der Waals surface area contributed by atoms with E-state index in [2.05, 4.69) is 50.2 Å². The average molecular weight is 283 g/mol. The summed E-state index contributed by atoms with van der Waals surface area (Å²) in [5.74, 6) is 0.0375. The van der Waals surface area contributed by atoms with Gasteiger partial charge in [0.15, 0.2) is 0 Å². The van der Waals surface area contributed by atoms with Crippen molar-refractivity contribution < 1.29 is 4.79 Å². The van der Waals surface area contributed by atoms with Gasteiger partial charge in [0.05, 0.1) is 17.1 Å². The van der Waals surface area contributed by atoms with Gasteiger partial charge in [-0.25, -0.2) is 4.98 Å². The van der Waals surface area contributed by atoms with Gasteiger partial charge >= 0.3 is 0 Å². The Kier molecular flexibility index (Phi) is 5.94. The molecule has 108 valence electrons. The van der Waals surface area contributed by atoms with Crippen LogP contribution in [0.25, 0.3) is 0 Å². The van der Waals surface area contributed by atoms with Crippen molar-refractivity contribution in [3.8, 4) is 0 Å². The van der Waals surface area contributed by atoms with E-state index in [1.165, 1.54) is 0 Å². The lowest BCUT2D eigenvalue weighted by molar-refractivity contribution is -0.120. The number of amides is 1. The van der Waals surface area contributed by atoms with E-state index in [1.54, 1.807) is 11.3 Å². The van der Waals surface area contributed by atoms with E-state index in [0.717, 1.165) is 17.2 Å². The summed E-state index contributed by atoms with van der Waals surface area (Å²) >= 11 is 1.63. The molecule has 0 aliphatic carbocycles. The molecule has 2 N–H and O–H groups in total. The summed E-state index contributed by atoms with van der Waals surface area (Å²) in [6, 6.07) is 0.300. The van der Waals surface area contributed by atoms with Crippen LogP contribution in [0.4, 0.5) is 0 Å². The Morgan fingerprint density at radius 3 is 2.68 bits per heavy atom. The molecule has 0 saturated heterocycles. The third-order valence-electron chi connectivity index (χ3n) is 2.69. The van der Waals surface area contributed by atoms with Crippen LogP contribution in [0.3, 0.4) is 0 Å². The lowest BCUT2D eigenvalue weighted by atomic mass is 9.98. The molecule has 19 heavy (non-hydrogen) atoms. The Balaban J connectivity index is 2.42. The Morgan fingerprint density at radius 1 is 1.47 bits per heavy atom. The molecule has 1 heterocycles. The first kappa shape index (κ1) is 16.1. The molecule has 1 amide bonds. The van der Waals surface area contributed by atoms with Crippen LogP contribution < -0.4 is 10.6 Å². The van der Waals surface area contributed by atoms with Crippen LogP contribution in [-0.2, 0) is 16.6 Å². The Hall–Kier alpha value is -0.940. The minimum Gasteiger partial charge on any atom is -0.354 e. The maximum absolute atomic E-state index is 11.8. The standard InChI is InChI=1S/C14H25N3OS/c1-6-15-10(2)8-16-12(18)7-11-9-19-13(17-11)14(3,4)5/h9-10,15H,6-8H2,1-5H3,(H,16,18)/t10-/m1/s1. The summed E-state index contributed by atoms with van der Waals surface area (Å²) < 4.78 is 0. The van der Waals surface area contributed by atoms with E-state index in [0.29, 0.717) is 19.0 Å². The van der Waals surface area contributed by atoms with Gasteiger partial charge in [-0.2, -0.15) is 0 Å². The van der Waals surface area contributed by atoms with Crippen molar-refractivity contribution >= 4 is 17.2 Å². The molecule has 4 nitrogen and oxygen atoms in total. The maximum atomic E-state index is 11.8.